The number of carbonyl (C=O) groups is 2. The van der Waals surface area contributed by atoms with Gasteiger partial charge in [-0.2, -0.15) is 0 Å². The van der Waals surface area contributed by atoms with Crippen LogP contribution in [-0.2, 0) is 16.6 Å². The number of halogens is 1. The zero-order valence-electron chi connectivity index (χ0n) is 11.5. The highest BCUT2D eigenvalue weighted by Gasteiger charge is 2.21. The minimum Gasteiger partial charge on any atom is -0.465 e. The first-order valence-electron chi connectivity index (χ1n) is 6.26. The Hall–Kier alpha value is -1.49. The van der Waals surface area contributed by atoms with Crippen LogP contribution < -0.4 is 0 Å². The summed E-state index contributed by atoms with van der Waals surface area (Å²) >= 11 is 5.86. The number of aryl methyl sites for hydroxylation is 1. The zero-order chi connectivity index (χ0) is 14.4. The number of esters is 1. The molecule has 0 unspecified atom stereocenters. The number of ether oxygens (including phenoxy) is 1. The monoisotopic (exact) mass is 286 g/mol. The van der Waals surface area contributed by atoms with Gasteiger partial charge < -0.3 is 14.2 Å². The SMILES string of the molecule is CCCN(CC(=O)OCC)C(=O)c1cc(Cl)cn1C. The van der Waals surface area contributed by atoms with Crippen molar-refractivity contribution in [1.29, 1.82) is 0 Å². The molecule has 0 N–H and O–H groups in total. The van der Waals surface area contributed by atoms with E-state index in [-0.39, 0.29) is 12.5 Å². The summed E-state index contributed by atoms with van der Waals surface area (Å²) in [5, 5.41) is 0.499. The molecule has 0 bridgehead atoms. The summed E-state index contributed by atoms with van der Waals surface area (Å²) in [5.74, 6) is -0.617. The minimum atomic E-state index is -0.399. The maximum absolute atomic E-state index is 12.3. The molecule has 106 valence electrons. The number of aromatic nitrogens is 1. The number of hydrogen-bond acceptors (Lipinski definition) is 3. The molecule has 0 radical (unpaired) electrons. The molecule has 0 fully saturated rings. The molecule has 1 heterocycles. The van der Waals surface area contributed by atoms with Gasteiger partial charge in [0, 0.05) is 19.8 Å². The van der Waals surface area contributed by atoms with E-state index in [2.05, 4.69) is 0 Å². The summed E-state index contributed by atoms with van der Waals surface area (Å²) < 4.78 is 6.53. The van der Waals surface area contributed by atoms with Crippen molar-refractivity contribution in [1.82, 2.24) is 9.47 Å². The van der Waals surface area contributed by atoms with Crippen LogP contribution in [0.2, 0.25) is 5.02 Å². The number of nitrogens with zero attached hydrogens (tertiary/aromatic N) is 2. The van der Waals surface area contributed by atoms with Crippen molar-refractivity contribution in [3.8, 4) is 0 Å². The number of rotatable bonds is 6. The lowest BCUT2D eigenvalue weighted by Crippen LogP contribution is -2.37. The van der Waals surface area contributed by atoms with Crippen LogP contribution in [0.25, 0.3) is 0 Å². The first-order valence-corrected chi connectivity index (χ1v) is 6.64. The molecule has 1 aromatic heterocycles. The average Bonchev–Trinajstić information content (AvgIpc) is 2.67. The van der Waals surface area contributed by atoms with Crippen LogP contribution in [-0.4, -0.2) is 41.0 Å². The van der Waals surface area contributed by atoms with Gasteiger partial charge in [0.2, 0.25) is 0 Å². The lowest BCUT2D eigenvalue weighted by atomic mass is 10.3. The third kappa shape index (κ3) is 4.28. The summed E-state index contributed by atoms with van der Waals surface area (Å²) in [6.07, 6.45) is 2.42. The molecule has 1 aromatic rings. The number of hydrogen-bond donors (Lipinski definition) is 0. The summed E-state index contributed by atoms with van der Waals surface area (Å²) in [6.45, 7) is 4.46. The predicted octanol–water partition coefficient (Wildman–Crippen LogP) is 2.09. The van der Waals surface area contributed by atoms with Crippen LogP contribution in [0.3, 0.4) is 0 Å². The van der Waals surface area contributed by atoms with Gasteiger partial charge in [0.05, 0.1) is 11.6 Å². The van der Waals surface area contributed by atoms with Crippen molar-refractivity contribution < 1.29 is 14.3 Å². The van der Waals surface area contributed by atoms with Gasteiger partial charge in [-0.1, -0.05) is 18.5 Å². The topological polar surface area (TPSA) is 51.5 Å². The standard InChI is InChI=1S/C13H19ClN2O3/c1-4-6-16(9-12(17)19-5-2)13(18)11-7-10(14)8-15(11)3/h7-8H,4-6,9H2,1-3H3. The lowest BCUT2D eigenvalue weighted by molar-refractivity contribution is -0.143. The maximum atomic E-state index is 12.3. The fourth-order valence-electron chi connectivity index (χ4n) is 1.78. The molecule has 19 heavy (non-hydrogen) atoms. The van der Waals surface area contributed by atoms with E-state index in [9.17, 15) is 9.59 Å². The Balaban J connectivity index is 2.83. The quantitative estimate of drug-likeness (QED) is 0.753. The Kier molecular flexibility index (Phi) is 5.89. The molecular weight excluding hydrogens is 268 g/mol. The molecule has 0 saturated heterocycles. The largest absolute Gasteiger partial charge is 0.465 e. The highest BCUT2D eigenvalue weighted by molar-refractivity contribution is 6.31. The van der Waals surface area contributed by atoms with Crippen molar-refractivity contribution in [2.75, 3.05) is 19.7 Å². The predicted molar refractivity (Wildman–Crippen MR) is 73.3 cm³/mol. The highest BCUT2D eigenvalue weighted by atomic mass is 35.5. The molecule has 6 heteroatoms. The van der Waals surface area contributed by atoms with Crippen LogP contribution >= 0.6 is 11.6 Å². The van der Waals surface area contributed by atoms with E-state index in [1.54, 1.807) is 30.8 Å². The van der Waals surface area contributed by atoms with Crippen molar-refractivity contribution >= 4 is 23.5 Å². The Labute approximate surface area is 118 Å². The Bertz CT molecular complexity index is 457. The van der Waals surface area contributed by atoms with E-state index >= 15 is 0 Å². The van der Waals surface area contributed by atoms with Crippen LogP contribution in [0.15, 0.2) is 12.3 Å². The van der Waals surface area contributed by atoms with Crippen molar-refractivity contribution in [2.24, 2.45) is 7.05 Å². The summed E-state index contributed by atoms with van der Waals surface area (Å²) in [4.78, 5) is 25.3. The van der Waals surface area contributed by atoms with Gasteiger partial charge in [0.1, 0.15) is 12.2 Å². The molecule has 0 saturated carbocycles. The number of carbonyl (C=O) groups excluding carboxylic acids is 2. The smallest absolute Gasteiger partial charge is 0.325 e. The van der Waals surface area contributed by atoms with Gasteiger partial charge >= 0.3 is 5.97 Å². The van der Waals surface area contributed by atoms with E-state index in [0.29, 0.717) is 23.9 Å². The van der Waals surface area contributed by atoms with Gasteiger partial charge in [0.15, 0.2) is 0 Å². The van der Waals surface area contributed by atoms with E-state index in [1.165, 1.54) is 4.90 Å². The summed E-state index contributed by atoms with van der Waals surface area (Å²) in [5.41, 5.74) is 0.461. The van der Waals surface area contributed by atoms with Gasteiger partial charge in [-0.05, 0) is 19.4 Å². The molecule has 0 aliphatic heterocycles. The second-order valence-corrected chi connectivity index (χ2v) is 4.62. The fraction of sp³-hybridized carbons (Fsp3) is 0.538. The molecule has 0 aliphatic carbocycles. The van der Waals surface area contributed by atoms with E-state index in [0.717, 1.165) is 6.42 Å². The third-order valence-corrected chi connectivity index (χ3v) is 2.80. The van der Waals surface area contributed by atoms with E-state index in [4.69, 9.17) is 16.3 Å². The summed E-state index contributed by atoms with van der Waals surface area (Å²) in [7, 11) is 1.74. The zero-order valence-corrected chi connectivity index (χ0v) is 12.2. The molecule has 0 atom stereocenters. The Morgan fingerprint density at radius 1 is 1.42 bits per heavy atom. The van der Waals surface area contributed by atoms with Crippen LogP contribution in [0.5, 0.6) is 0 Å². The second kappa shape index (κ2) is 7.19. The van der Waals surface area contributed by atoms with Crippen molar-refractivity contribution in [3.63, 3.8) is 0 Å². The third-order valence-electron chi connectivity index (χ3n) is 2.60. The first-order chi connectivity index (χ1) is 8.99. The van der Waals surface area contributed by atoms with Gasteiger partial charge in [-0.15, -0.1) is 0 Å². The molecule has 5 nitrogen and oxygen atoms in total. The van der Waals surface area contributed by atoms with Gasteiger partial charge in [-0.3, -0.25) is 9.59 Å². The maximum Gasteiger partial charge on any atom is 0.325 e. The summed E-state index contributed by atoms with van der Waals surface area (Å²) in [6, 6.07) is 1.59. The number of amides is 1. The molecular formula is C13H19ClN2O3. The first kappa shape index (κ1) is 15.6. The highest BCUT2D eigenvalue weighted by Crippen LogP contribution is 2.15. The van der Waals surface area contributed by atoms with Crippen LogP contribution in [0, 0.1) is 0 Å². The molecule has 0 aromatic carbocycles. The molecule has 1 amide bonds. The normalized spacial score (nSPS) is 10.3. The Morgan fingerprint density at radius 3 is 2.58 bits per heavy atom. The van der Waals surface area contributed by atoms with Crippen molar-refractivity contribution in [2.45, 2.75) is 20.3 Å². The van der Waals surface area contributed by atoms with Gasteiger partial charge in [-0.25, -0.2) is 0 Å². The second-order valence-electron chi connectivity index (χ2n) is 4.19. The van der Waals surface area contributed by atoms with E-state index in [1.807, 2.05) is 6.92 Å². The van der Waals surface area contributed by atoms with Crippen molar-refractivity contribution in [3.05, 3.63) is 23.0 Å². The van der Waals surface area contributed by atoms with Crippen LogP contribution in [0.1, 0.15) is 30.8 Å². The average molecular weight is 287 g/mol. The molecule has 0 aliphatic rings. The van der Waals surface area contributed by atoms with E-state index < -0.39 is 5.97 Å². The lowest BCUT2D eigenvalue weighted by Gasteiger charge is -2.21. The Morgan fingerprint density at radius 2 is 2.11 bits per heavy atom. The molecule has 1 rings (SSSR count). The minimum absolute atomic E-state index is 0.0384. The van der Waals surface area contributed by atoms with Crippen LogP contribution in [0.4, 0.5) is 0 Å². The fourth-order valence-corrected chi connectivity index (χ4v) is 2.03. The molecule has 0 spiro atoms. The van der Waals surface area contributed by atoms with Gasteiger partial charge in [0.25, 0.3) is 5.91 Å².